The van der Waals surface area contributed by atoms with Crippen LogP contribution in [0.15, 0.2) is 36.4 Å². The van der Waals surface area contributed by atoms with Gasteiger partial charge in [-0.3, -0.25) is 15.2 Å². The number of benzene rings is 1. The van der Waals surface area contributed by atoms with Gasteiger partial charge in [0.05, 0.1) is 16.1 Å². The number of amides is 1. The number of nitrogens with one attached hydrogen (secondary N) is 1. The smallest absolute Gasteiger partial charge is 0.271 e. The van der Waals surface area contributed by atoms with E-state index in [0.29, 0.717) is 0 Å². The third-order valence-electron chi connectivity index (χ3n) is 4.04. The molecule has 164 valence electrons. The third-order valence-corrected chi connectivity index (χ3v) is 4.59. The van der Waals surface area contributed by atoms with Gasteiger partial charge in [0.2, 0.25) is 0 Å². The van der Waals surface area contributed by atoms with Crippen LogP contribution in [0.1, 0.15) is 21.6 Å². The Balaban J connectivity index is 2.00. The van der Waals surface area contributed by atoms with Crippen molar-refractivity contribution >= 4 is 46.0 Å². The van der Waals surface area contributed by atoms with Crippen molar-refractivity contribution in [3.63, 3.8) is 0 Å². The van der Waals surface area contributed by atoms with E-state index in [9.17, 15) is 31.1 Å². The first kappa shape index (κ1) is 22.9. The number of carbonyl (C=O) groups excluding carboxylic acids is 1. The zero-order valence-corrected chi connectivity index (χ0v) is 16.7. The molecule has 2 aromatic heterocycles. The lowest BCUT2D eigenvalue weighted by Crippen LogP contribution is -2.40. The van der Waals surface area contributed by atoms with Crippen molar-refractivity contribution in [3.05, 3.63) is 63.3 Å². The molecule has 13 heteroatoms. The number of carbonyl (C=O) groups is 1. The van der Waals surface area contributed by atoms with Crippen molar-refractivity contribution in [2.24, 2.45) is 0 Å². The summed E-state index contributed by atoms with van der Waals surface area (Å²) in [7, 11) is 1.29. The summed E-state index contributed by atoms with van der Waals surface area (Å²) in [5.41, 5.74) is -1.65. The number of hydrazine groups is 1. The molecule has 0 saturated carbocycles. The zero-order valence-electron chi connectivity index (χ0n) is 15.2. The van der Waals surface area contributed by atoms with Crippen LogP contribution in [0.5, 0.6) is 0 Å². The molecular weight excluding hydrogens is 473 g/mol. The summed E-state index contributed by atoms with van der Waals surface area (Å²) in [6.07, 6.45) is -10.2. The zero-order chi connectivity index (χ0) is 23.1. The lowest BCUT2D eigenvalue weighted by atomic mass is 10.1. The summed E-state index contributed by atoms with van der Waals surface area (Å²) < 4.78 is 78.8. The fourth-order valence-electron chi connectivity index (χ4n) is 2.60. The minimum Gasteiger partial charge on any atom is -0.271 e. The fraction of sp³-hybridized carbons (Fsp3) is 0.167. The Labute approximate surface area is 180 Å². The first-order chi connectivity index (χ1) is 14.3. The maximum absolute atomic E-state index is 13.3. The number of pyridine rings is 2. The number of anilines is 1. The van der Waals surface area contributed by atoms with Gasteiger partial charge in [0.15, 0.2) is 5.65 Å². The van der Waals surface area contributed by atoms with E-state index in [1.54, 1.807) is 0 Å². The van der Waals surface area contributed by atoms with Crippen molar-refractivity contribution < 1.29 is 31.1 Å². The van der Waals surface area contributed by atoms with E-state index in [-0.39, 0.29) is 27.5 Å². The minimum atomic E-state index is -5.11. The summed E-state index contributed by atoms with van der Waals surface area (Å²) in [4.78, 5) is 19.3. The second-order valence-corrected chi connectivity index (χ2v) is 7.06. The van der Waals surface area contributed by atoms with E-state index in [1.807, 2.05) is 0 Å². The topological polar surface area (TPSA) is 58.1 Å². The second kappa shape index (κ2) is 8.04. The Morgan fingerprint density at radius 2 is 1.65 bits per heavy atom. The number of aromatic nitrogens is 2. The monoisotopic (exact) mass is 482 g/mol. The van der Waals surface area contributed by atoms with Gasteiger partial charge in [-0.15, -0.1) is 0 Å². The highest BCUT2D eigenvalue weighted by Gasteiger charge is 2.39. The molecule has 0 saturated heterocycles. The van der Waals surface area contributed by atoms with Gasteiger partial charge in [-0.05, 0) is 36.4 Å². The van der Waals surface area contributed by atoms with Gasteiger partial charge in [-0.2, -0.15) is 26.3 Å². The number of halogens is 8. The Hall–Kier alpha value is -2.79. The summed E-state index contributed by atoms with van der Waals surface area (Å²) in [5.74, 6) is -0.870. The molecule has 0 aliphatic heterocycles. The van der Waals surface area contributed by atoms with Crippen LogP contribution in [0.3, 0.4) is 0 Å². The molecule has 1 aromatic carbocycles. The molecule has 0 bridgehead atoms. The van der Waals surface area contributed by atoms with Gasteiger partial charge >= 0.3 is 12.4 Å². The number of alkyl halides is 6. The van der Waals surface area contributed by atoms with Gasteiger partial charge in [0.25, 0.3) is 5.91 Å². The molecule has 3 rings (SSSR count). The lowest BCUT2D eigenvalue weighted by Gasteiger charge is -2.20. The Morgan fingerprint density at radius 3 is 2.23 bits per heavy atom. The van der Waals surface area contributed by atoms with Gasteiger partial charge < -0.3 is 0 Å². The Bertz CT molecular complexity index is 1170. The molecule has 5 nitrogen and oxygen atoms in total. The Morgan fingerprint density at radius 1 is 0.968 bits per heavy atom. The summed E-state index contributed by atoms with van der Waals surface area (Å²) in [6.45, 7) is 0. The SMILES string of the molecule is CN(NC(=O)c1ccc(Cl)cc1Cl)c1ccc2c(C(F)(F)F)cc(C(F)(F)F)nc2n1. The van der Waals surface area contributed by atoms with Crippen LogP contribution in [0, 0.1) is 0 Å². The largest absolute Gasteiger partial charge is 0.433 e. The number of hydrogen-bond acceptors (Lipinski definition) is 4. The first-order valence-electron chi connectivity index (χ1n) is 8.23. The molecule has 0 aliphatic rings. The van der Waals surface area contributed by atoms with Gasteiger partial charge in [0.1, 0.15) is 11.5 Å². The molecule has 2 heterocycles. The molecule has 0 fully saturated rings. The molecule has 0 radical (unpaired) electrons. The highest BCUT2D eigenvalue weighted by Crippen LogP contribution is 2.38. The van der Waals surface area contributed by atoms with Gasteiger partial charge in [-0.1, -0.05) is 23.2 Å². The maximum Gasteiger partial charge on any atom is 0.433 e. The molecule has 0 atom stereocenters. The fourth-order valence-corrected chi connectivity index (χ4v) is 3.10. The van der Waals surface area contributed by atoms with Crippen LogP contribution in [0.4, 0.5) is 32.2 Å². The molecule has 0 spiro atoms. The first-order valence-corrected chi connectivity index (χ1v) is 8.99. The van der Waals surface area contributed by atoms with Crippen molar-refractivity contribution in [2.45, 2.75) is 12.4 Å². The van der Waals surface area contributed by atoms with Gasteiger partial charge in [0, 0.05) is 17.5 Å². The maximum atomic E-state index is 13.3. The number of hydrogen-bond donors (Lipinski definition) is 1. The molecule has 3 aromatic rings. The average Bonchev–Trinajstić information content (AvgIpc) is 2.64. The number of rotatable bonds is 3. The van der Waals surface area contributed by atoms with E-state index in [2.05, 4.69) is 15.4 Å². The third kappa shape index (κ3) is 4.93. The molecular formula is C18H10Cl2F6N4O. The van der Waals surface area contributed by atoms with E-state index >= 15 is 0 Å². The van der Waals surface area contributed by atoms with Crippen molar-refractivity contribution in [1.29, 1.82) is 0 Å². The predicted octanol–water partition coefficient (Wildman–Crippen LogP) is 5.76. The average molecular weight is 483 g/mol. The summed E-state index contributed by atoms with van der Waals surface area (Å²) in [5, 5.41) is 0.709. The predicted molar refractivity (Wildman–Crippen MR) is 102 cm³/mol. The minimum absolute atomic E-state index is 0.0375. The Kier molecular flexibility index (Phi) is 5.94. The van der Waals surface area contributed by atoms with Crippen molar-refractivity contribution in [1.82, 2.24) is 15.4 Å². The lowest BCUT2D eigenvalue weighted by molar-refractivity contribution is -0.144. The van der Waals surface area contributed by atoms with E-state index in [0.717, 1.165) is 17.1 Å². The molecule has 0 aliphatic carbocycles. The molecule has 0 unspecified atom stereocenters. The van der Waals surface area contributed by atoms with Gasteiger partial charge in [-0.25, -0.2) is 9.97 Å². The summed E-state index contributed by atoms with van der Waals surface area (Å²) in [6, 6.07) is 6.03. The molecule has 1 amide bonds. The van der Waals surface area contributed by atoms with E-state index in [4.69, 9.17) is 23.2 Å². The van der Waals surface area contributed by atoms with Crippen LogP contribution in [0.25, 0.3) is 11.0 Å². The molecule has 31 heavy (non-hydrogen) atoms. The second-order valence-electron chi connectivity index (χ2n) is 6.22. The highest BCUT2D eigenvalue weighted by molar-refractivity contribution is 6.36. The van der Waals surface area contributed by atoms with Crippen LogP contribution >= 0.6 is 23.2 Å². The van der Waals surface area contributed by atoms with Crippen molar-refractivity contribution in [2.75, 3.05) is 12.1 Å². The van der Waals surface area contributed by atoms with Crippen LogP contribution in [-0.2, 0) is 12.4 Å². The van der Waals surface area contributed by atoms with Crippen molar-refractivity contribution in [3.8, 4) is 0 Å². The van der Waals surface area contributed by atoms with Crippen LogP contribution < -0.4 is 10.4 Å². The summed E-state index contributed by atoms with van der Waals surface area (Å²) >= 11 is 11.7. The number of fused-ring (bicyclic) bond motifs is 1. The highest BCUT2D eigenvalue weighted by atomic mass is 35.5. The van der Waals surface area contributed by atoms with Crippen LogP contribution in [-0.4, -0.2) is 22.9 Å². The standard InChI is InChI=1S/C18H10Cl2F6N4O/c1-30(29-16(31)10-3-2-8(19)6-12(10)20)14-5-4-9-11(17(21,22)23)7-13(18(24,25)26)27-15(9)28-14/h2-7H,1H3,(H,29,31). The number of nitrogens with zero attached hydrogens (tertiary/aromatic N) is 3. The van der Waals surface area contributed by atoms with Crippen LogP contribution in [0.2, 0.25) is 10.0 Å². The van der Waals surface area contributed by atoms with E-state index < -0.39 is 40.6 Å². The normalized spacial score (nSPS) is 12.2. The molecule has 1 N–H and O–H groups in total. The van der Waals surface area contributed by atoms with E-state index in [1.165, 1.54) is 25.2 Å². The quantitative estimate of drug-likeness (QED) is 0.381.